The lowest BCUT2D eigenvalue weighted by molar-refractivity contribution is -0.115. The van der Waals surface area contributed by atoms with Crippen LogP contribution in [0.5, 0.6) is 0 Å². The molecule has 6 radical (unpaired) electrons. The van der Waals surface area contributed by atoms with Crippen LogP contribution >= 0.6 is 15.9 Å². The molecule has 0 spiro atoms. The highest BCUT2D eigenvalue weighted by Gasteiger charge is 1.78. The second kappa shape index (κ2) is 48.4. The van der Waals surface area contributed by atoms with Gasteiger partial charge in [0.1, 0.15) is 11.6 Å². The maximum atomic E-state index is 9.77. The minimum atomic E-state index is 0. The Hall–Kier alpha value is -0.0501. The first-order valence-corrected chi connectivity index (χ1v) is 5.65. The SMILES string of the molecule is CC.CC.CC(=O)CBr.CC(C)=O.[B].[B]. The van der Waals surface area contributed by atoms with Gasteiger partial charge in [0.25, 0.3) is 0 Å². The Bertz CT molecular complexity index is 106. The van der Waals surface area contributed by atoms with Crippen molar-refractivity contribution in [2.75, 3.05) is 5.33 Å². The Morgan fingerprint density at radius 2 is 0.933 bits per heavy atom. The predicted molar refractivity (Wildman–Crippen MR) is 75.0 cm³/mol. The number of carbonyl (C=O) groups is 2. The third-order valence-corrected chi connectivity index (χ3v) is 0.978. The van der Waals surface area contributed by atoms with Gasteiger partial charge < -0.3 is 4.79 Å². The molecule has 0 aromatic heterocycles. The summed E-state index contributed by atoms with van der Waals surface area (Å²) in [5, 5.41) is 0.479. The van der Waals surface area contributed by atoms with Gasteiger partial charge in [-0.3, -0.25) is 4.79 Å². The van der Waals surface area contributed by atoms with Gasteiger partial charge in [-0.25, -0.2) is 0 Å². The molecular weight excluding hydrogens is 254 g/mol. The number of Topliss-reactive ketones (excluding diaryl/α,β-unsaturated/α-hetero) is 2. The minimum absolute atomic E-state index is 0. The van der Waals surface area contributed by atoms with Gasteiger partial charge in [-0.05, 0) is 20.8 Å². The van der Waals surface area contributed by atoms with E-state index in [2.05, 4.69) is 15.9 Å². The molecule has 0 atom stereocenters. The summed E-state index contributed by atoms with van der Waals surface area (Å²) >= 11 is 2.96. The summed E-state index contributed by atoms with van der Waals surface area (Å²) in [5.74, 6) is 0.338. The molecule has 0 aliphatic carbocycles. The van der Waals surface area contributed by atoms with Gasteiger partial charge in [0.2, 0.25) is 0 Å². The van der Waals surface area contributed by atoms with E-state index in [9.17, 15) is 9.59 Å². The molecular formula is C10H23B2BrO2. The van der Waals surface area contributed by atoms with Crippen LogP contribution in [0.4, 0.5) is 0 Å². The number of hydrogen-bond acceptors (Lipinski definition) is 2. The molecule has 0 aromatic rings. The number of rotatable bonds is 1. The molecule has 0 aromatic carbocycles. The van der Waals surface area contributed by atoms with Gasteiger partial charge in [0.05, 0.1) is 5.33 Å². The fraction of sp³-hybridized carbons (Fsp3) is 0.800. The molecule has 0 saturated carbocycles. The summed E-state index contributed by atoms with van der Waals surface area (Å²) in [5.41, 5.74) is 0. The van der Waals surface area contributed by atoms with Gasteiger partial charge >= 0.3 is 0 Å². The zero-order valence-corrected chi connectivity index (χ0v) is 12.6. The molecule has 0 aliphatic heterocycles. The normalized spacial score (nSPS) is 5.07. The molecule has 0 bridgehead atoms. The third-order valence-electron chi connectivity index (χ3n) is 0.188. The van der Waals surface area contributed by atoms with E-state index in [1.807, 2.05) is 27.7 Å². The van der Waals surface area contributed by atoms with E-state index < -0.39 is 0 Å². The number of ketones is 2. The van der Waals surface area contributed by atoms with Crippen LogP contribution in [0, 0.1) is 0 Å². The largest absolute Gasteiger partial charge is 0.300 e. The Kier molecular flexibility index (Phi) is 117. The standard InChI is InChI=1S/C3H5BrO.C3H6O.2C2H6.2B/c1-3(5)2-4;1-3(2)4;2*1-2;;/h2H2,1H3;1-2H3;2*1-2H3;;. The van der Waals surface area contributed by atoms with Crippen molar-refractivity contribution in [3.05, 3.63) is 0 Å². The van der Waals surface area contributed by atoms with Crippen molar-refractivity contribution in [2.45, 2.75) is 48.5 Å². The number of carbonyl (C=O) groups excluding carboxylic acids is 2. The first kappa shape index (κ1) is 36.3. The summed E-state index contributed by atoms with van der Waals surface area (Å²) in [6.45, 7) is 12.6. The maximum Gasteiger partial charge on any atom is 0.140 e. The summed E-state index contributed by atoms with van der Waals surface area (Å²) in [6.07, 6.45) is 0. The molecule has 0 N–H and O–H groups in total. The van der Waals surface area contributed by atoms with Crippen molar-refractivity contribution in [3.63, 3.8) is 0 Å². The van der Waals surface area contributed by atoms with E-state index in [4.69, 9.17) is 0 Å². The van der Waals surface area contributed by atoms with Crippen LogP contribution in [0.15, 0.2) is 0 Å². The van der Waals surface area contributed by atoms with E-state index in [0.29, 0.717) is 5.33 Å². The smallest absolute Gasteiger partial charge is 0.140 e. The fourth-order valence-electron chi connectivity index (χ4n) is 0. The molecule has 0 rings (SSSR count). The van der Waals surface area contributed by atoms with Crippen LogP contribution in [0.2, 0.25) is 0 Å². The van der Waals surface area contributed by atoms with Gasteiger partial charge in [-0.15, -0.1) is 0 Å². The lowest BCUT2D eigenvalue weighted by atomic mass is 10.5. The summed E-state index contributed by atoms with van der Waals surface area (Å²) in [7, 11) is 0. The molecule has 15 heavy (non-hydrogen) atoms. The fourth-order valence-corrected chi connectivity index (χ4v) is 0. The number of hydrogen-bond donors (Lipinski definition) is 0. The van der Waals surface area contributed by atoms with Gasteiger partial charge in [0.15, 0.2) is 0 Å². The van der Waals surface area contributed by atoms with Crippen molar-refractivity contribution in [1.82, 2.24) is 0 Å². The molecule has 0 heterocycles. The molecule has 5 heteroatoms. The van der Waals surface area contributed by atoms with Crippen molar-refractivity contribution in [2.24, 2.45) is 0 Å². The highest BCUT2D eigenvalue weighted by molar-refractivity contribution is 9.09. The molecule has 0 unspecified atom stereocenters. The Morgan fingerprint density at radius 3 is 0.933 bits per heavy atom. The Balaban J connectivity index is -0.0000000186. The van der Waals surface area contributed by atoms with Gasteiger partial charge in [0, 0.05) is 16.8 Å². The van der Waals surface area contributed by atoms with Crippen molar-refractivity contribution in [3.8, 4) is 0 Å². The predicted octanol–water partition coefficient (Wildman–Crippen LogP) is 2.86. The monoisotopic (exact) mass is 276 g/mol. The van der Waals surface area contributed by atoms with Crippen molar-refractivity contribution >= 4 is 44.3 Å². The number of alkyl halides is 1. The second-order valence-electron chi connectivity index (χ2n) is 1.74. The van der Waals surface area contributed by atoms with E-state index in [0.717, 1.165) is 0 Å². The van der Waals surface area contributed by atoms with Gasteiger partial charge in [-0.1, -0.05) is 43.6 Å². The Morgan fingerprint density at radius 1 is 0.867 bits per heavy atom. The molecule has 2 nitrogen and oxygen atoms in total. The summed E-state index contributed by atoms with van der Waals surface area (Å²) in [4.78, 5) is 19.2. The average Bonchev–Trinajstić information content (AvgIpc) is 2.10. The molecule has 88 valence electrons. The minimum Gasteiger partial charge on any atom is -0.300 e. The van der Waals surface area contributed by atoms with Crippen molar-refractivity contribution < 1.29 is 9.59 Å². The molecule has 0 fully saturated rings. The van der Waals surface area contributed by atoms with E-state index in [1.165, 1.54) is 20.8 Å². The zero-order valence-electron chi connectivity index (χ0n) is 11.1. The maximum absolute atomic E-state index is 9.77. The molecule has 0 saturated heterocycles. The van der Waals surface area contributed by atoms with Crippen LogP contribution in [0.25, 0.3) is 0 Å². The zero-order chi connectivity index (χ0) is 11.9. The van der Waals surface area contributed by atoms with Crippen molar-refractivity contribution in [1.29, 1.82) is 0 Å². The Labute approximate surface area is 108 Å². The lowest BCUT2D eigenvalue weighted by Gasteiger charge is -1.69. The van der Waals surface area contributed by atoms with Crippen LogP contribution in [0.3, 0.4) is 0 Å². The molecule has 0 amide bonds. The van der Waals surface area contributed by atoms with Crippen LogP contribution in [0.1, 0.15) is 48.5 Å². The summed E-state index contributed by atoms with van der Waals surface area (Å²) in [6, 6.07) is 0. The summed E-state index contributed by atoms with van der Waals surface area (Å²) < 4.78 is 0. The molecule has 0 aliphatic rings. The van der Waals surface area contributed by atoms with E-state index in [-0.39, 0.29) is 28.4 Å². The topological polar surface area (TPSA) is 34.1 Å². The van der Waals surface area contributed by atoms with E-state index >= 15 is 0 Å². The third kappa shape index (κ3) is 524. The highest BCUT2D eigenvalue weighted by atomic mass is 79.9. The van der Waals surface area contributed by atoms with Crippen LogP contribution in [-0.4, -0.2) is 33.7 Å². The second-order valence-corrected chi connectivity index (χ2v) is 2.30. The first-order chi connectivity index (χ1) is 6.00. The van der Waals surface area contributed by atoms with E-state index in [1.54, 1.807) is 0 Å². The van der Waals surface area contributed by atoms with Crippen LogP contribution < -0.4 is 0 Å². The first-order valence-electron chi connectivity index (χ1n) is 4.53. The lowest BCUT2D eigenvalue weighted by Crippen LogP contribution is -1.85. The average molecular weight is 277 g/mol. The van der Waals surface area contributed by atoms with Crippen LogP contribution in [-0.2, 0) is 9.59 Å². The quantitative estimate of drug-likeness (QED) is 0.545. The highest BCUT2D eigenvalue weighted by Crippen LogP contribution is 1.76. The number of halogens is 1. The van der Waals surface area contributed by atoms with Gasteiger partial charge in [-0.2, -0.15) is 0 Å².